The third kappa shape index (κ3) is 2.79. The van der Waals surface area contributed by atoms with Gasteiger partial charge in [0.1, 0.15) is 4.88 Å². The van der Waals surface area contributed by atoms with Gasteiger partial charge in [-0.1, -0.05) is 17.4 Å². The number of hydrogen-bond acceptors (Lipinski definition) is 6. The van der Waals surface area contributed by atoms with Crippen LogP contribution in [0.4, 0.5) is 5.13 Å². The lowest BCUT2D eigenvalue weighted by molar-refractivity contribution is 0.0605. The summed E-state index contributed by atoms with van der Waals surface area (Å²) in [4.78, 5) is 20.0. The number of hydrogen-bond donors (Lipinski definition) is 0. The van der Waals surface area contributed by atoms with Crippen molar-refractivity contribution in [3.63, 3.8) is 0 Å². The van der Waals surface area contributed by atoms with Gasteiger partial charge in [-0.05, 0) is 25.3 Å². The summed E-state index contributed by atoms with van der Waals surface area (Å²) in [5.41, 5.74) is 0.720. The van der Waals surface area contributed by atoms with Crippen LogP contribution >= 0.6 is 22.7 Å². The smallest absolute Gasteiger partial charge is 0.350 e. The van der Waals surface area contributed by atoms with E-state index >= 15 is 0 Å². The van der Waals surface area contributed by atoms with Gasteiger partial charge in [0.25, 0.3) is 0 Å². The number of carbonyl (C=O) groups excluding carboxylic acids is 1. The molecule has 2 rings (SSSR count). The van der Waals surface area contributed by atoms with Gasteiger partial charge in [-0.3, -0.25) is 0 Å². The van der Waals surface area contributed by atoms with E-state index in [1.807, 2.05) is 20.0 Å². The van der Waals surface area contributed by atoms with Crippen molar-refractivity contribution >= 4 is 33.8 Å². The molecule has 0 aliphatic carbocycles. The van der Waals surface area contributed by atoms with Gasteiger partial charge in [0.05, 0.1) is 18.8 Å². The molecule has 0 fully saturated rings. The predicted molar refractivity (Wildman–Crippen MR) is 79.3 cm³/mol. The van der Waals surface area contributed by atoms with Crippen molar-refractivity contribution in [2.45, 2.75) is 19.9 Å². The van der Waals surface area contributed by atoms with Crippen LogP contribution in [-0.2, 0) is 4.74 Å². The second-order valence-electron chi connectivity index (χ2n) is 4.20. The fraction of sp³-hybridized carbons (Fsp3) is 0.385. The molecule has 0 amide bonds. The SMILES string of the molecule is COC(=O)c1sc(N(C)C(C)c2cccs2)nc1C. The molecule has 0 N–H and O–H groups in total. The molecule has 0 saturated carbocycles. The number of ether oxygens (including phenoxy) is 1. The molecule has 19 heavy (non-hydrogen) atoms. The zero-order valence-electron chi connectivity index (χ0n) is 11.3. The van der Waals surface area contributed by atoms with Crippen molar-refractivity contribution in [2.75, 3.05) is 19.1 Å². The number of anilines is 1. The molecule has 0 aliphatic rings. The summed E-state index contributed by atoms with van der Waals surface area (Å²) in [6.45, 7) is 3.95. The molecule has 2 aromatic rings. The Bertz CT molecular complexity index is 563. The summed E-state index contributed by atoms with van der Waals surface area (Å²) < 4.78 is 4.76. The van der Waals surface area contributed by atoms with Crippen molar-refractivity contribution in [1.82, 2.24) is 4.98 Å². The molecule has 0 spiro atoms. The zero-order valence-corrected chi connectivity index (χ0v) is 13.0. The molecule has 1 unspecified atom stereocenters. The Morgan fingerprint density at radius 2 is 2.26 bits per heavy atom. The molecule has 0 saturated heterocycles. The van der Waals surface area contributed by atoms with Crippen LogP contribution in [0.1, 0.15) is 33.2 Å². The Kier molecular flexibility index (Phi) is 4.21. The van der Waals surface area contributed by atoms with Gasteiger partial charge < -0.3 is 9.64 Å². The van der Waals surface area contributed by atoms with Crippen LogP contribution in [0.25, 0.3) is 0 Å². The Hall–Kier alpha value is -1.40. The minimum absolute atomic E-state index is 0.232. The van der Waals surface area contributed by atoms with Gasteiger partial charge >= 0.3 is 5.97 Å². The normalized spacial score (nSPS) is 12.2. The number of thiophene rings is 1. The standard InChI is InChI=1S/C13H16N2O2S2/c1-8-11(12(16)17-4)19-13(14-8)15(3)9(2)10-6-5-7-18-10/h5-7,9H,1-4H3. The number of carbonyl (C=O) groups is 1. The van der Waals surface area contributed by atoms with Crippen molar-refractivity contribution in [3.8, 4) is 0 Å². The zero-order chi connectivity index (χ0) is 14.0. The molecule has 2 heterocycles. The fourth-order valence-corrected chi connectivity index (χ4v) is 3.55. The third-order valence-corrected chi connectivity index (χ3v) is 5.26. The highest BCUT2D eigenvalue weighted by Crippen LogP contribution is 2.32. The second kappa shape index (κ2) is 5.71. The topological polar surface area (TPSA) is 42.4 Å². The largest absolute Gasteiger partial charge is 0.465 e. The van der Waals surface area contributed by atoms with Crippen LogP contribution in [0.3, 0.4) is 0 Å². The minimum atomic E-state index is -0.321. The highest BCUT2D eigenvalue weighted by molar-refractivity contribution is 7.17. The minimum Gasteiger partial charge on any atom is -0.465 e. The Labute approximate surface area is 120 Å². The van der Waals surface area contributed by atoms with Crippen molar-refractivity contribution in [2.24, 2.45) is 0 Å². The fourth-order valence-electron chi connectivity index (χ4n) is 1.70. The first-order chi connectivity index (χ1) is 9.04. The van der Waals surface area contributed by atoms with Crippen LogP contribution in [0.2, 0.25) is 0 Å². The van der Waals surface area contributed by atoms with E-state index in [2.05, 4.69) is 28.3 Å². The van der Waals surface area contributed by atoms with E-state index in [0.717, 1.165) is 10.8 Å². The Balaban J connectivity index is 2.25. The van der Waals surface area contributed by atoms with E-state index in [4.69, 9.17) is 4.74 Å². The lowest BCUT2D eigenvalue weighted by Crippen LogP contribution is -2.20. The maximum absolute atomic E-state index is 11.6. The summed E-state index contributed by atoms with van der Waals surface area (Å²) in [5, 5.41) is 2.89. The first-order valence-electron chi connectivity index (χ1n) is 5.86. The van der Waals surface area contributed by atoms with Crippen LogP contribution in [-0.4, -0.2) is 25.1 Å². The molecular weight excluding hydrogens is 280 g/mol. The Morgan fingerprint density at radius 3 is 2.84 bits per heavy atom. The first-order valence-corrected chi connectivity index (χ1v) is 7.56. The Morgan fingerprint density at radius 1 is 1.53 bits per heavy atom. The lowest BCUT2D eigenvalue weighted by Gasteiger charge is -2.23. The van der Waals surface area contributed by atoms with E-state index in [1.165, 1.54) is 23.3 Å². The molecule has 0 bridgehead atoms. The molecule has 102 valence electrons. The van der Waals surface area contributed by atoms with E-state index in [1.54, 1.807) is 11.3 Å². The number of esters is 1. The summed E-state index contributed by atoms with van der Waals surface area (Å²) in [6, 6.07) is 4.38. The number of methoxy groups -OCH3 is 1. The van der Waals surface area contributed by atoms with E-state index in [0.29, 0.717) is 4.88 Å². The summed E-state index contributed by atoms with van der Waals surface area (Å²) in [6.07, 6.45) is 0. The summed E-state index contributed by atoms with van der Waals surface area (Å²) >= 11 is 3.09. The summed E-state index contributed by atoms with van der Waals surface area (Å²) in [5.74, 6) is -0.321. The van der Waals surface area contributed by atoms with Crippen molar-refractivity contribution < 1.29 is 9.53 Å². The van der Waals surface area contributed by atoms with Crippen molar-refractivity contribution in [1.29, 1.82) is 0 Å². The van der Waals surface area contributed by atoms with Gasteiger partial charge in [0.2, 0.25) is 0 Å². The first kappa shape index (κ1) is 14.0. The molecule has 0 aromatic carbocycles. The maximum atomic E-state index is 11.6. The van der Waals surface area contributed by atoms with Gasteiger partial charge in [-0.15, -0.1) is 11.3 Å². The third-order valence-electron chi connectivity index (χ3n) is 2.99. The molecule has 2 aromatic heterocycles. The van der Waals surface area contributed by atoms with Crippen molar-refractivity contribution in [3.05, 3.63) is 33.0 Å². The molecule has 0 aliphatic heterocycles. The number of nitrogens with zero attached hydrogens (tertiary/aromatic N) is 2. The van der Waals surface area contributed by atoms with Gasteiger partial charge in [-0.2, -0.15) is 0 Å². The predicted octanol–water partition coefficient (Wildman–Crippen LogP) is 3.50. The molecule has 4 nitrogen and oxygen atoms in total. The number of rotatable bonds is 4. The van der Waals surface area contributed by atoms with Gasteiger partial charge in [0.15, 0.2) is 5.13 Å². The lowest BCUT2D eigenvalue weighted by atomic mass is 10.2. The van der Waals surface area contributed by atoms with E-state index in [9.17, 15) is 4.79 Å². The molecule has 0 radical (unpaired) electrons. The summed E-state index contributed by atoms with van der Waals surface area (Å²) in [7, 11) is 3.38. The van der Waals surface area contributed by atoms with E-state index < -0.39 is 0 Å². The highest BCUT2D eigenvalue weighted by atomic mass is 32.1. The number of aryl methyl sites for hydroxylation is 1. The molecule has 6 heteroatoms. The molecular formula is C13H16N2O2S2. The van der Waals surface area contributed by atoms with E-state index in [-0.39, 0.29) is 12.0 Å². The number of thiazole rings is 1. The van der Waals surface area contributed by atoms with Crippen LogP contribution in [0.15, 0.2) is 17.5 Å². The molecule has 1 atom stereocenters. The van der Waals surface area contributed by atoms with Gasteiger partial charge in [-0.25, -0.2) is 9.78 Å². The van der Waals surface area contributed by atoms with Crippen LogP contribution < -0.4 is 4.90 Å². The maximum Gasteiger partial charge on any atom is 0.350 e. The quantitative estimate of drug-likeness (QED) is 0.810. The van der Waals surface area contributed by atoms with Crippen LogP contribution in [0, 0.1) is 6.92 Å². The average molecular weight is 296 g/mol. The second-order valence-corrected chi connectivity index (χ2v) is 6.16. The monoisotopic (exact) mass is 296 g/mol. The van der Waals surface area contributed by atoms with Crippen LogP contribution in [0.5, 0.6) is 0 Å². The highest BCUT2D eigenvalue weighted by Gasteiger charge is 2.21. The van der Waals surface area contributed by atoms with Gasteiger partial charge in [0, 0.05) is 11.9 Å². The average Bonchev–Trinajstić information content (AvgIpc) is 3.05. The number of aromatic nitrogens is 1.